The van der Waals surface area contributed by atoms with Crippen molar-refractivity contribution in [2.45, 2.75) is 6.92 Å². The van der Waals surface area contributed by atoms with E-state index in [1.165, 1.54) is 43.5 Å². The molecule has 0 aliphatic rings. The van der Waals surface area contributed by atoms with Gasteiger partial charge in [0.15, 0.2) is 11.9 Å². The van der Waals surface area contributed by atoms with Crippen LogP contribution >= 0.6 is 0 Å². The molecule has 0 N–H and O–H groups in total. The van der Waals surface area contributed by atoms with E-state index in [0.29, 0.717) is 0 Å². The maximum atomic E-state index is 2.32. The Balaban J connectivity index is 0.00000146. The SMILES string of the molecule is Cc1cccc2cc3c4ccccc4c4ccccc4c3c[n+]12.[Br-]. The van der Waals surface area contributed by atoms with E-state index in [9.17, 15) is 0 Å². The number of benzene rings is 3. The standard InChI is InChI=1S/C22H16N.BrH/c1-15-7-6-8-16-13-21-19-11-4-2-9-17(19)18-10-3-5-12-20(18)22(21)14-23(15)16;/h2-14H,1H3;1H/q+1;/p-1. The molecule has 0 fully saturated rings. The highest BCUT2D eigenvalue weighted by Gasteiger charge is 2.13. The summed E-state index contributed by atoms with van der Waals surface area (Å²) in [5.41, 5.74) is 2.49. The number of hydrogen-bond acceptors (Lipinski definition) is 0. The average molecular weight is 374 g/mol. The fourth-order valence-electron chi connectivity index (χ4n) is 3.71. The second-order valence-electron chi connectivity index (χ2n) is 6.15. The second kappa shape index (κ2) is 5.57. The normalized spacial score (nSPS) is 11.2. The molecule has 2 heteroatoms. The molecule has 0 saturated heterocycles. The van der Waals surface area contributed by atoms with Crippen molar-refractivity contribution in [2.75, 3.05) is 0 Å². The minimum Gasteiger partial charge on any atom is -1.00 e. The Labute approximate surface area is 150 Å². The van der Waals surface area contributed by atoms with Crippen LogP contribution in [-0.2, 0) is 0 Å². The molecule has 5 rings (SSSR count). The van der Waals surface area contributed by atoms with Crippen molar-refractivity contribution in [1.82, 2.24) is 0 Å². The van der Waals surface area contributed by atoms with Crippen LogP contribution in [-0.4, -0.2) is 0 Å². The topological polar surface area (TPSA) is 4.10 Å². The molecule has 0 atom stereocenters. The van der Waals surface area contributed by atoms with Gasteiger partial charge in [0.1, 0.15) is 0 Å². The van der Waals surface area contributed by atoms with Crippen molar-refractivity contribution in [3.05, 3.63) is 84.7 Å². The fourth-order valence-corrected chi connectivity index (χ4v) is 3.71. The van der Waals surface area contributed by atoms with Crippen LogP contribution in [0, 0.1) is 6.92 Å². The molecule has 0 amide bonds. The Morgan fingerprint density at radius 3 is 1.75 bits per heavy atom. The zero-order valence-electron chi connectivity index (χ0n) is 13.3. The molecule has 116 valence electrons. The van der Waals surface area contributed by atoms with Crippen LogP contribution in [0.15, 0.2) is 79.0 Å². The molecule has 0 saturated carbocycles. The maximum absolute atomic E-state index is 2.32. The number of halogens is 1. The van der Waals surface area contributed by atoms with Gasteiger partial charge in [0, 0.05) is 30.5 Å². The molecule has 0 unspecified atom stereocenters. The van der Waals surface area contributed by atoms with E-state index in [-0.39, 0.29) is 17.0 Å². The van der Waals surface area contributed by atoms with Crippen LogP contribution < -0.4 is 21.4 Å². The molecule has 0 aliphatic carbocycles. The van der Waals surface area contributed by atoms with Gasteiger partial charge in [0.2, 0.25) is 5.52 Å². The zero-order chi connectivity index (χ0) is 15.4. The van der Waals surface area contributed by atoms with Gasteiger partial charge in [-0.05, 0) is 27.6 Å². The number of aromatic nitrogens is 1. The van der Waals surface area contributed by atoms with Crippen molar-refractivity contribution >= 4 is 37.8 Å². The number of pyridine rings is 2. The van der Waals surface area contributed by atoms with E-state index >= 15 is 0 Å². The van der Waals surface area contributed by atoms with E-state index in [1.807, 2.05) is 0 Å². The largest absolute Gasteiger partial charge is 1.00 e. The minimum absolute atomic E-state index is 0. The summed E-state index contributed by atoms with van der Waals surface area (Å²) in [6.07, 6.45) is 2.29. The smallest absolute Gasteiger partial charge is 0.211 e. The van der Waals surface area contributed by atoms with Gasteiger partial charge in [0.25, 0.3) is 0 Å². The predicted molar refractivity (Wildman–Crippen MR) is 96.9 cm³/mol. The summed E-state index contributed by atoms with van der Waals surface area (Å²) < 4.78 is 2.28. The van der Waals surface area contributed by atoms with E-state index in [4.69, 9.17) is 0 Å². The maximum Gasteiger partial charge on any atom is 0.211 e. The Morgan fingerprint density at radius 1 is 0.583 bits per heavy atom. The van der Waals surface area contributed by atoms with Gasteiger partial charge in [-0.25, -0.2) is 0 Å². The highest BCUT2D eigenvalue weighted by atomic mass is 79.9. The highest BCUT2D eigenvalue weighted by Crippen LogP contribution is 2.34. The van der Waals surface area contributed by atoms with Crippen LogP contribution in [0.1, 0.15) is 5.69 Å². The molecule has 3 aromatic carbocycles. The lowest BCUT2D eigenvalue weighted by atomic mass is 9.95. The van der Waals surface area contributed by atoms with Gasteiger partial charge in [-0.15, -0.1) is 0 Å². The van der Waals surface area contributed by atoms with E-state index < -0.39 is 0 Å². The van der Waals surface area contributed by atoms with Gasteiger partial charge in [-0.3, -0.25) is 0 Å². The van der Waals surface area contributed by atoms with Crippen LogP contribution in [0.3, 0.4) is 0 Å². The molecule has 0 spiro atoms. The Hall–Kier alpha value is -2.45. The summed E-state index contributed by atoms with van der Waals surface area (Å²) in [6.45, 7) is 2.15. The van der Waals surface area contributed by atoms with Crippen molar-refractivity contribution in [2.24, 2.45) is 0 Å². The summed E-state index contributed by atoms with van der Waals surface area (Å²) >= 11 is 0. The van der Waals surface area contributed by atoms with Gasteiger partial charge in [-0.1, -0.05) is 48.5 Å². The van der Waals surface area contributed by atoms with E-state index in [0.717, 1.165) is 0 Å². The van der Waals surface area contributed by atoms with Gasteiger partial charge in [-0.2, -0.15) is 4.40 Å². The summed E-state index contributed by atoms with van der Waals surface area (Å²) in [7, 11) is 0. The lowest BCUT2D eigenvalue weighted by molar-refractivity contribution is -0.518. The quantitative estimate of drug-likeness (QED) is 0.222. The molecule has 0 aliphatic heterocycles. The predicted octanol–water partition coefficient (Wildman–Crippen LogP) is 2.20. The Kier molecular flexibility index (Phi) is 3.50. The molecule has 24 heavy (non-hydrogen) atoms. The van der Waals surface area contributed by atoms with Crippen LogP contribution in [0.2, 0.25) is 0 Å². The van der Waals surface area contributed by atoms with E-state index in [2.05, 4.69) is 90.3 Å². The number of rotatable bonds is 0. The highest BCUT2D eigenvalue weighted by molar-refractivity contribution is 6.25. The third kappa shape index (κ3) is 2.03. The summed E-state index contributed by atoms with van der Waals surface area (Å²) in [4.78, 5) is 0. The molecule has 5 aromatic rings. The van der Waals surface area contributed by atoms with Gasteiger partial charge >= 0.3 is 0 Å². The first-order valence-electron chi connectivity index (χ1n) is 7.97. The van der Waals surface area contributed by atoms with Crippen LogP contribution in [0.5, 0.6) is 0 Å². The molecular formula is C22H16BrN. The third-order valence-corrected chi connectivity index (χ3v) is 4.83. The van der Waals surface area contributed by atoms with Crippen LogP contribution in [0.4, 0.5) is 0 Å². The first-order chi connectivity index (χ1) is 11.3. The molecule has 0 bridgehead atoms. The van der Waals surface area contributed by atoms with Gasteiger partial charge < -0.3 is 17.0 Å². The molecule has 1 nitrogen and oxygen atoms in total. The third-order valence-electron chi connectivity index (χ3n) is 4.83. The molecule has 2 aromatic heterocycles. The summed E-state index contributed by atoms with van der Waals surface area (Å²) in [5.74, 6) is 0. The zero-order valence-corrected chi connectivity index (χ0v) is 14.9. The first-order valence-corrected chi connectivity index (χ1v) is 7.97. The minimum atomic E-state index is 0. The fraction of sp³-hybridized carbons (Fsp3) is 0.0455. The lowest BCUT2D eigenvalue weighted by Gasteiger charge is -2.09. The second-order valence-corrected chi connectivity index (χ2v) is 6.15. The van der Waals surface area contributed by atoms with Crippen molar-refractivity contribution in [3.63, 3.8) is 0 Å². The molecular weight excluding hydrogens is 358 g/mol. The number of nitrogens with zero attached hydrogens (tertiary/aromatic N) is 1. The van der Waals surface area contributed by atoms with Crippen LogP contribution in [0.25, 0.3) is 37.8 Å². The van der Waals surface area contributed by atoms with Crippen molar-refractivity contribution in [1.29, 1.82) is 0 Å². The molecule has 0 radical (unpaired) electrons. The van der Waals surface area contributed by atoms with E-state index in [1.54, 1.807) is 0 Å². The number of aryl methyl sites for hydroxylation is 1. The Morgan fingerprint density at radius 2 is 1.12 bits per heavy atom. The average Bonchev–Trinajstić information content (AvgIpc) is 2.61. The molecule has 2 heterocycles. The first kappa shape index (κ1) is 15.1. The summed E-state index contributed by atoms with van der Waals surface area (Å²) in [5, 5.41) is 7.93. The van der Waals surface area contributed by atoms with Gasteiger partial charge in [0.05, 0.1) is 5.39 Å². The summed E-state index contributed by atoms with van der Waals surface area (Å²) in [6, 6.07) is 26.2. The number of fused-ring (bicyclic) bond motifs is 7. The number of hydrogen-bond donors (Lipinski definition) is 0. The monoisotopic (exact) mass is 373 g/mol. The van der Waals surface area contributed by atoms with Crippen molar-refractivity contribution < 1.29 is 21.4 Å². The lowest BCUT2D eigenvalue weighted by Crippen LogP contribution is -3.00. The van der Waals surface area contributed by atoms with Crippen molar-refractivity contribution in [3.8, 4) is 0 Å². The Bertz CT molecular complexity index is 1220.